The molecule has 0 atom stereocenters. The minimum atomic E-state index is -3.72. The second-order valence-electron chi connectivity index (χ2n) is 7.81. The molecule has 0 aliphatic carbocycles. The van der Waals surface area contributed by atoms with Gasteiger partial charge < -0.3 is 14.2 Å². The highest BCUT2D eigenvalue weighted by Gasteiger charge is 2.21. The first-order chi connectivity index (χ1) is 16.4. The molecule has 2 amide bonds. The standard InChI is InChI=1S/C24H30N2O7S/c1-2-3-4-5-13-31-19-8-6-18(7-9-19)24(28)26-25-23(27)12-16-34(29,30)20-10-11-21-22(17-20)33-15-14-32-21/h6-11,17H,2-5,12-16H2,1H3,(H,25,27)(H,26,28). The Morgan fingerprint density at radius 1 is 0.941 bits per heavy atom. The summed E-state index contributed by atoms with van der Waals surface area (Å²) in [5, 5.41) is 0. The van der Waals surface area contributed by atoms with E-state index in [9.17, 15) is 18.0 Å². The second-order valence-corrected chi connectivity index (χ2v) is 9.92. The summed E-state index contributed by atoms with van der Waals surface area (Å²) in [5.41, 5.74) is 4.87. The van der Waals surface area contributed by atoms with E-state index in [0.29, 0.717) is 42.6 Å². The molecule has 0 saturated carbocycles. The van der Waals surface area contributed by atoms with Crippen molar-refractivity contribution in [2.45, 2.75) is 43.9 Å². The zero-order valence-corrected chi connectivity index (χ0v) is 20.0. The Morgan fingerprint density at radius 3 is 2.41 bits per heavy atom. The molecule has 2 aromatic carbocycles. The third kappa shape index (κ3) is 7.38. The summed E-state index contributed by atoms with van der Waals surface area (Å²) in [6.45, 7) is 3.52. The number of unbranched alkanes of at least 4 members (excludes halogenated alkanes) is 3. The first-order valence-corrected chi connectivity index (χ1v) is 13.0. The summed E-state index contributed by atoms with van der Waals surface area (Å²) >= 11 is 0. The molecule has 2 aromatic rings. The quantitative estimate of drug-likeness (QED) is 0.367. The number of fused-ring (bicyclic) bond motifs is 1. The van der Waals surface area contributed by atoms with Gasteiger partial charge in [0, 0.05) is 18.1 Å². The number of hydrogen-bond donors (Lipinski definition) is 2. The number of amides is 2. The van der Waals surface area contributed by atoms with Crippen LogP contribution in [0.3, 0.4) is 0 Å². The Labute approximate surface area is 199 Å². The van der Waals surface area contributed by atoms with Crippen LogP contribution in [0, 0.1) is 0 Å². The number of rotatable bonds is 11. The lowest BCUT2D eigenvalue weighted by Crippen LogP contribution is -2.42. The fraction of sp³-hybridized carbons (Fsp3) is 0.417. The van der Waals surface area contributed by atoms with Gasteiger partial charge in [0.1, 0.15) is 19.0 Å². The summed E-state index contributed by atoms with van der Waals surface area (Å²) in [6, 6.07) is 10.9. The molecule has 0 saturated heterocycles. The topological polar surface area (TPSA) is 120 Å². The average molecular weight is 491 g/mol. The van der Waals surface area contributed by atoms with Crippen molar-refractivity contribution in [2.24, 2.45) is 0 Å². The summed E-state index contributed by atoms with van der Waals surface area (Å²) in [7, 11) is -3.72. The van der Waals surface area contributed by atoms with Crippen LogP contribution in [0.2, 0.25) is 0 Å². The Balaban J connectivity index is 1.42. The Bertz CT molecular complexity index is 1090. The van der Waals surface area contributed by atoms with Gasteiger partial charge in [-0.1, -0.05) is 26.2 Å². The summed E-state index contributed by atoms with van der Waals surface area (Å²) in [5.74, 6) is -0.0480. The highest BCUT2D eigenvalue weighted by Crippen LogP contribution is 2.32. The third-order valence-electron chi connectivity index (χ3n) is 5.17. The Morgan fingerprint density at radius 2 is 1.68 bits per heavy atom. The molecule has 1 heterocycles. The average Bonchev–Trinajstić information content (AvgIpc) is 2.86. The predicted molar refractivity (Wildman–Crippen MR) is 126 cm³/mol. The number of sulfone groups is 1. The van der Waals surface area contributed by atoms with Gasteiger partial charge in [0.25, 0.3) is 5.91 Å². The molecule has 0 spiro atoms. The van der Waals surface area contributed by atoms with Crippen molar-refractivity contribution in [2.75, 3.05) is 25.6 Å². The number of hydrazine groups is 1. The maximum Gasteiger partial charge on any atom is 0.269 e. The molecular weight excluding hydrogens is 460 g/mol. The van der Waals surface area contributed by atoms with Crippen molar-refractivity contribution < 1.29 is 32.2 Å². The van der Waals surface area contributed by atoms with Gasteiger partial charge in [-0.05, 0) is 42.8 Å². The number of ether oxygens (including phenoxy) is 3. The first kappa shape index (κ1) is 25.4. The van der Waals surface area contributed by atoms with E-state index < -0.39 is 27.4 Å². The van der Waals surface area contributed by atoms with Gasteiger partial charge in [-0.3, -0.25) is 20.4 Å². The zero-order valence-electron chi connectivity index (χ0n) is 19.2. The molecule has 0 radical (unpaired) electrons. The molecule has 184 valence electrons. The summed E-state index contributed by atoms with van der Waals surface area (Å²) in [4.78, 5) is 24.4. The van der Waals surface area contributed by atoms with E-state index in [-0.39, 0.29) is 11.3 Å². The lowest BCUT2D eigenvalue weighted by Gasteiger charge is -2.18. The van der Waals surface area contributed by atoms with Crippen LogP contribution >= 0.6 is 0 Å². The fourth-order valence-electron chi connectivity index (χ4n) is 3.24. The van der Waals surface area contributed by atoms with Crippen LogP contribution in [0.1, 0.15) is 49.4 Å². The molecule has 0 bridgehead atoms. The number of hydrogen-bond acceptors (Lipinski definition) is 7. The molecule has 1 aliphatic heterocycles. The molecule has 0 fully saturated rings. The van der Waals surface area contributed by atoms with Gasteiger partial charge in [0.2, 0.25) is 5.91 Å². The highest BCUT2D eigenvalue weighted by molar-refractivity contribution is 7.91. The van der Waals surface area contributed by atoms with Crippen molar-refractivity contribution in [3.8, 4) is 17.2 Å². The normalized spacial score (nSPS) is 12.6. The molecule has 0 aromatic heterocycles. The Hall–Kier alpha value is -3.27. The van der Waals surface area contributed by atoms with E-state index >= 15 is 0 Å². The lowest BCUT2D eigenvalue weighted by atomic mass is 10.2. The fourth-order valence-corrected chi connectivity index (χ4v) is 4.50. The molecular formula is C24H30N2O7S. The Kier molecular flexibility index (Phi) is 9.15. The molecule has 34 heavy (non-hydrogen) atoms. The van der Waals surface area contributed by atoms with Crippen molar-refractivity contribution in [3.63, 3.8) is 0 Å². The van der Waals surface area contributed by atoms with Gasteiger partial charge in [-0.25, -0.2) is 8.42 Å². The van der Waals surface area contributed by atoms with Gasteiger partial charge in [-0.2, -0.15) is 0 Å². The van der Waals surface area contributed by atoms with Crippen LogP contribution in [0.5, 0.6) is 17.2 Å². The SMILES string of the molecule is CCCCCCOc1ccc(C(=O)NNC(=O)CCS(=O)(=O)c2ccc3c(c2)OCCO3)cc1. The van der Waals surface area contributed by atoms with Gasteiger partial charge in [0.15, 0.2) is 21.3 Å². The van der Waals surface area contributed by atoms with E-state index in [1.54, 1.807) is 24.3 Å². The minimum Gasteiger partial charge on any atom is -0.494 e. The van der Waals surface area contributed by atoms with E-state index in [2.05, 4.69) is 17.8 Å². The smallest absolute Gasteiger partial charge is 0.269 e. The van der Waals surface area contributed by atoms with Crippen LogP contribution in [-0.2, 0) is 14.6 Å². The van der Waals surface area contributed by atoms with E-state index in [1.165, 1.54) is 24.6 Å². The predicted octanol–water partition coefficient (Wildman–Crippen LogP) is 3.04. The second kappa shape index (κ2) is 12.3. The van der Waals surface area contributed by atoms with E-state index in [1.807, 2.05) is 0 Å². The monoisotopic (exact) mass is 490 g/mol. The summed E-state index contributed by atoms with van der Waals surface area (Å²) < 4.78 is 41.6. The largest absolute Gasteiger partial charge is 0.494 e. The lowest BCUT2D eigenvalue weighted by molar-refractivity contribution is -0.121. The molecule has 2 N–H and O–H groups in total. The van der Waals surface area contributed by atoms with Crippen LogP contribution < -0.4 is 25.1 Å². The van der Waals surface area contributed by atoms with Gasteiger partial charge in [-0.15, -0.1) is 0 Å². The maximum atomic E-state index is 12.6. The van der Waals surface area contributed by atoms with Crippen LogP contribution in [0.4, 0.5) is 0 Å². The van der Waals surface area contributed by atoms with Crippen LogP contribution in [0.15, 0.2) is 47.4 Å². The van der Waals surface area contributed by atoms with Crippen molar-refractivity contribution in [3.05, 3.63) is 48.0 Å². The number of nitrogens with one attached hydrogen (secondary N) is 2. The highest BCUT2D eigenvalue weighted by atomic mass is 32.2. The zero-order chi connectivity index (χ0) is 24.4. The van der Waals surface area contributed by atoms with E-state index in [4.69, 9.17) is 14.2 Å². The first-order valence-electron chi connectivity index (χ1n) is 11.3. The van der Waals surface area contributed by atoms with Crippen LogP contribution in [0.25, 0.3) is 0 Å². The van der Waals surface area contributed by atoms with Crippen molar-refractivity contribution >= 4 is 21.7 Å². The number of carbonyl (C=O) groups excluding carboxylic acids is 2. The number of benzene rings is 2. The van der Waals surface area contributed by atoms with Crippen molar-refractivity contribution in [1.29, 1.82) is 0 Å². The molecule has 1 aliphatic rings. The molecule has 9 nitrogen and oxygen atoms in total. The van der Waals surface area contributed by atoms with E-state index in [0.717, 1.165) is 19.3 Å². The number of carbonyl (C=O) groups is 2. The summed E-state index contributed by atoms with van der Waals surface area (Å²) in [6.07, 6.45) is 4.12. The molecule has 10 heteroatoms. The van der Waals surface area contributed by atoms with Gasteiger partial charge >= 0.3 is 0 Å². The maximum absolute atomic E-state index is 12.6. The van der Waals surface area contributed by atoms with Gasteiger partial charge in [0.05, 0.1) is 17.3 Å². The minimum absolute atomic E-state index is 0.0428. The molecule has 0 unspecified atom stereocenters. The van der Waals surface area contributed by atoms with Crippen molar-refractivity contribution in [1.82, 2.24) is 10.9 Å². The third-order valence-corrected chi connectivity index (χ3v) is 6.88. The molecule has 3 rings (SSSR count). The van der Waals surface area contributed by atoms with Crippen LogP contribution in [-0.4, -0.2) is 45.8 Å².